The summed E-state index contributed by atoms with van der Waals surface area (Å²) in [5, 5.41) is 22.3. The number of carbonyl (C=O) groups is 1. The van der Waals surface area contributed by atoms with Crippen molar-refractivity contribution in [3.63, 3.8) is 0 Å². The van der Waals surface area contributed by atoms with E-state index in [0.29, 0.717) is 6.42 Å². The number of nitrogens with two attached hydrogens (primary N) is 1. The summed E-state index contributed by atoms with van der Waals surface area (Å²) in [7, 11) is 0. The van der Waals surface area contributed by atoms with E-state index in [1.165, 1.54) is 11.0 Å². The number of aliphatic hydroxyl groups is 2. The Morgan fingerprint density at radius 1 is 1.75 bits per heavy atom. The van der Waals surface area contributed by atoms with Crippen LogP contribution >= 0.6 is 0 Å². The molecule has 8 heteroatoms. The molecule has 1 amide bonds. The lowest BCUT2D eigenvalue weighted by atomic mass is 10.2. The Balaban J connectivity index is 2.15. The number of primary amides is 1. The molecule has 3 atom stereocenters. The first-order chi connectivity index (χ1) is 7.61. The molecule has 88 valence electrons. The van der Waals surface area contributed by atoms with Gasteiger partial charge in [0.05, 0.1) is 12.7 Å². The Hall–Kier alpha value is -1.51. The van der Waals surface area contributed by atoms with Crippen molar-refractivity contribution in [1.82, 2.24) is 14.8 Å². The zero-order valence-electron chi connectivity index (χ0n) is 8.35. The van der Waals surface area contributed by atoms with Gasteiger partial charge in [0.1, 0.15) is 12.4 Å². The predicted molar refractivity (Wildman–Crippen MR) is 50.2 cm³/mol. The Labute approximate surface area is 90.6 Å². The van der Waals surface area contributed by atoms with Crippen LogP contribution in [0.4, 0.5) is 0 Å². The van der Waals surface area contributed by atoms with Gasteiger partial charge in [0.2, 0.25) is 5.82 Å². The number of ether oxygens (including phenoxy) is 1. The Morgan fingerprint density at radius 3 is 3.00 bits per heavy atom. The van der Waals surface area contributed by atoms with Crippen LogP contribution in [0.2, 0.25) is 0 Å². The highest BCUT2D eigenvalue weighted by Crippen LogP contribution is 2.27. The highest BCUT2D eigenvalue weighted by Gasteiger charge is 2.35. The molecule has 0 radical (unpaired) electrons. The molecule has 0 bridgehead atoms. The maximum atomic E-state index is 10.8. The molecule has 1 saturated heterocycles. The lowest BCUT2D eigenvalue weighted by Crippen LogP contribution is -2.21. The zero-order valence-corrected chi connectivity index (χ0v) is 8.35. The van der Waals surface area contributed by atoms with Gasteiger partial charge in [-0.15, -0.1) is 5.10 Å². The maximum Gasteiger partial charge on any atom is 0.288 e. The van der Waals surface area contributed by atoms with Crippen molar-refractivity contribution in [2.75, 3.05) is 6.61 Å². The summed E-state index contributed by atoms with van der Waals surface area (Å²) in [6.07, 6.45) is -0.390. The van der Waals surface area contributed by atoms with Gasteiger partial charge >= 0.3 is 0 Å². The first-order valence-electron chi connectivity index (χ1n) is 4.77. The van der Waals surface area contributed by atoms with Crippen molar-refractivity contribution in [3.05, 3.63) is 12.2 Å². The third kappa shape index (κ3) is 1.90. The molecule has 8 nitrogen and oxygen atoms in total. The van der Waals surface area contributed by atoms with Crippen molar-refractivity contribution in [1.29, 1.82) is 0 Å². The highest BCUT2D eigenvalue weighted by atomic mass is 16.5. The number of hydrogen-bond acceptors (Lipinski definition) is 6. The van der Waals surface area contributed by atoms with E-state index in [1.807, 2.05) is 0 Å². The third-order valence-corrected chi connectivity index (χ3v) is 2.36. The zero-order chi connectivity index (χ0) is 11.7. The minimum atomic E-state index is -0.792. The predicted octanol–water partition coefficient (Wildman–Crippen LogP) is -1.98. The number of rotatable bonds is 3. The SMILES string of the molecule is NC(=O)c1ncn(C2OC(CO)CC2O)n1. The molecule has 4 N–H and O–H groups in total. The molecule has 1 aliphatic heterocycles. The van der Waals surface area contributed by atoms with Crippen LogP contribution in [-0.4, -0.2) is 49.7 Å². The molecule has 16 heavy (non-hydrogen) atoms. The molecule has 0 aliphatic carbocycles. The van der Waals surface area contributed by atoms with Crippen LogP contribution in [0.3, 0.4) is 0 Å². The van der Waals surface area contributed by atoms with E-state index in [2.05, 4.69) is 10.1 Å². The van der Waals surface area contributed by atoms with Crippen LogP contribution in [0.25, 0.3) is 0 Å². The van der Waals surface area contributed by atoms with Gasteiger partial charge in [-0.25, -0.2) is 9.67 Å². The van der Waals surface area contributed by atoms with Crippen LogP contribution in [0.15, 0.2) is 6.33 Å². The number of carbonyl (C=O) groups excluding carboxylic acids is 1. The van der Waals surface area contributed by atoms with E-state index in [1.54, 1.807) is 0 Å². The topological polar surface area (TPSA) is 123 Å². The average molecular weight is 228 g/mol. The monoisotopic (exact) mass is 228 g/mol. The molecule has 1 fully saturated rings. The van der Waals surface area contributed by atoms with Gasteiger partial charge < -0.3 is 20.7 Å². The lowest BCUT2D eigenvalue weighted by Gasteiger charge is -2.13. The molecular formula is C8H12N4O4. The van der Waals surface area contributed by atoms with Crippen LogP contribution in [-0.2, 0) is 4.74 Å². The van der Waals surface area contributed by atoms with E-state index in [0.717, 1.165) is 0 Å². The van der Waals surface area contributed by atoms with Crippen molar-refractivity contribution in [2.24, 2.45) is 5.73 Å². The van der Waals surface area contributed by atoms with Crippen LogP contribution in [0, 0.1) is 0 Å². The second-order valence-electron chi connectivity index (χ2n) is 3.55. The first kappa shape index (κ1) is 11.0. The van der Waals surface area contributed by atoms with Gasteiger partial charge in [0.15, 0.2) is 6.23 Å². The summed E-state index contributed by atoms with van der Waals surface area (Å²) in [6.45, 7) is -0.176. The summed E-state index contributed by atoms with van der Waals surface area (Å²) in [6, 6.07) is 0. The average Bonchev–Trinajstić information content (AvgIpc) is 2.83. The van der Waals surface area contributed by atoms with Crippen molar-refractivity contribution in [3.8, 4) is 0 Å². The molecule has 1 aromatic rings. The highest BCUT2D eigenvalue weighted by molar-refractivity contribution is 5.88. The van der Waals surface area contributed by atoms with E-state index in [-0.39, 0.29) is 12.4 Å². The van der Waals surface area contributed by atoms with Crippen molar-refractivity contribution < 1.29 is 19.7 Å². The Morgan fingerprint density at radius 2 is 2.50 bits per heavy atom. The quantitative estimate of drug-likeness (QED) is 0.550. The molecule has 2 heterocycles. The fraction of sp³-hybridized carbons (Fsp3) is 0.625. The lowest BCUT2D eigenvalue weighted by molar-refractivity contribution is -0.0572. The molecule has 2 rings (SSSR count). The molecule has 1 aromatic heterocycles. The van der Waals surface area contributed by atoms with E-state index < -0.39 is 24.3 Å². The van der Waals surface area contributed by atoms with Crippen molar-refractivity contribution >= 4 is 5.91 Å². The normalized spacial score (nSPS) is 29.5. The summed E-state index contributed by atoms with van der Waals surface area (Å²) in [5.74, 6) is -0.881. The second kappa shape index (κ2) is 4.16. The minimum Gasteiger partial charge on any atom is -0.394 e. The van der Waals surface area contributed by atoms with Crippen molar-refractivity contribution in [2.45, 2.75) is 24.9 Å². The van der Waals surface area contributed by atoms with Gasteiger partial charge in [-0.3, -0.25) is 4.79 Å². The Kier molecular flexibility index (Phi) is 2.86. The fourth-order valence-electron chi connectivity index (χ4n) is 1.60. The smallest absolute Gasteiger partial charge is 0.288 e. The second-order valence-corrected chi connectivity index (χ2v) is 3.55. The standard InChI is InChI=1S/C8H12N4O4/c9-6(15)7-10-3-12(11-7)8-5(14)1-4(2-13)16-8/h3-5,8,13-14H,1-2H2,(H2,9,15). The van der Waals surface area contributed by atoms with Gasteiger partial charge in [-0.1, -0.05) is 0 Å². The van der Waals surface area contributed by atoms with Crippen LogP contribution < -0.4 is 5.73 Å². The Bertz CT molecular complexity index is 393. The number of aromatic nitrogens is 3. The summed E-state index contributed by atoms with van der Waals surface area (Å²) in [5.41, 5.74) is 4.99. The van der Waals surface area contributed by atoms with Crippen LogP contribution in [0.5, 0.6) is 0 Å². The van der Waals surface area contributed by atoms with Gasteiger partial charge in [-0.2, -0.15) is 0 Å². The first-order valence-corrected chi connectivity index (χ1v) is 4.77. The van der Waals surface area contributed by atoms with E-state index in [9.17, 15) is 9.90 Å². The summed E-state index contributed by atoms with van der Waals surface area (Å²) >= 11 is 0. The number of hydrogen-bond donors (Lipinski definition) is 3. The fourth-order valence-corrected chi connectivity index (χ4v) is 1.60. The van der Waals surface area contributed by atoms with Crippen LogP contribution in [0.1, 0.15) is 23.3 Å². The molecule has 0 saturated carbocycles. The van der Waals surface area contributed by atoms with Gasteiger partial charge in [0.25, 0.3) is 5.91 Å². The molecule has 0 aromatic carbocycles. The van der Waals surface area contributed by atoms with E-state index in [4.69, 9.17) is 15.6 Å². The number of aliphatic hydroxyl groups excluding tert-OH is 2. The summed E-state index contributed by atoms with van der Waals surface area (Å²) in [4.78, 5) is 14.4. The van der Waals surface area contributed by atoms with Gasteiger partial charge in [-0.05, 0) is 0 Å². The third-order valence-electron chi connectivity index (χ3n) is 2.36. The summed E-state index contributed by atoms with van der Waals surface area (Å²) < 4.78 is 6.53. The minimum absolute atomic E-state index is 0.136. The van der Waals surface area contributed by atoms with E-state index >= 15 is 0 Å². The molecule has 1 aliphatic rings. The largest absolute Gasteiger partial charge is 0.394 e. The number of amides is 1. The number of nitrogens with zero attached hydrogens (tertiary/aromatic N) is 3. The molecule has 0 spiro atoms. The van der Waals surface area contributed by atoms with Gasteiger partial charge in [0, 0.05) is 6.42 Å². The maximum absolute atomic E-state index is 10.8. The molecule has 3 unspecified atom stereocenters. The molecular weight excluding hydrogens is 216 g/mol.